The zero-order valence-corrected chi connectivity index (χ0v) is 11.7. The largest absolute Gasteiger partial charge is 0.337 e. The Labute approximate surface area is 114 Å². The molecule has 0 aliphatic heterocycles. The second-order valence-electron chi connectivity index (χ2n) is 5.31. The van der Waals surface area contributed by atoms with Gasteiger partial charge in [0.2, 0.25) is 0 Å². The van der Waals surface area contributed by atoms with Gasteiger partial charge in [-0.15, -0.1) is 0 Å². The number of hydrogen-bond acceptors (Lipinski definition) is 4. The first-order chi connectivity index (χ1) is 9.13. The smallest absolute Gasteiger partial charge is 0.274 e. The Morgan fingerprint density at radius 3 is 2.74 bits per heavy atom. The Kier molecular flexibility index (Phi) is 4.47. The zero-order chi connectivity index (χ0) is 13.8. The van der Waals surface area contributed by atoms with Gasteiger partial charge in [0.1, 0.15) is 5.69 Å². The van der Waals surface area contributed by atoms with Crippen molar-refractivity contribution in [3.8, 4) is 0 Å². The fraction of sp³-hybridized carbons (Fsp3) is 0.643. The lowest BCUT2D eigenvalue weighted by Crippen LogP contribution is -2.46. The molecule has 1 heterocycles. The Morgan fingerprint density at radius 2 is 2.11 bits per heavy atom. The van der Waals surface area contributed by atoms with Crippen molar-refractivity contribution >= 4 is 5.91 Å². The maximum absolute atomic E-state index is 12.4. The SMILES string of the molecule is Cc1cnc(C(=O)N(C)C2CCCCC2CN)cn1. The molecule has 0 aromatic carbocycles. The molecule has 2 N–H and O–H groups in total. The molecule has 0 saturated heterocycles. The van der Waals surface area contributed by atoms with Gasteiger partial charge in [0.05, 0.1) is 11.9 Å². The first-order valence-electron chi connectivity index (χ1n) is 6.89. The summed E-state index contributed by atoms with van der Waals surface area (Å²) >= 11 is 0. The van der Waals surface area contributed by atoms with Crippen LogP contribution in [0.4, 0.5) is 0 Å². The average molecular weight is 262 g/mol. The minimum absolute atomic E-state index is 0.0575. The topological polar surface area (TPSA) is 72.1 Å². The van der Waals surface area contributed by atoms with E-state index >= 15 is 0 Å². The first kappa shape index (κ1) is 13.9. The van der Waals surface area contributed by atoms with Crippen molar-refractivity contribution in [3.05, 3.63) is 23.8 Å². The van der Waals surface area contributed by atoms with E-state index in [4.69, 9.17) is 5.73 Å². The number of rotatable bonds is 3. The van der Waals surface area contributed by atoms with Crippen LogP contribution in [-0.4, -0.2) is 40.4 Å². The van der Waals surface area contributed by atoms with Gasteiger partial charge in [0.25, 0.3) is 5.91 Å². The fourth-order valence-corrected chi connectivity index (χ4v) is 2.81. The molecule has 0 spiro atoms. The lowest BCUT2D eigenvalue weighted by molar-refractivity contribution is 0.0614. The summed E-state index contributed by atoms with van der Waals surface area (Å²) < 4.78 is 0. The van der Waals surface area contributed by atoms with Gasteiger partial charge in [-0.1, -0.05) is 12.8 Å². The maximum Gasteiger partial charge on any atom is 0.274 e. The first-order valence-corrected chi connectivity index (χ1v) is 6.89. The lowest BCUT2D eigenvalue weighted by Gasteiger charge is -2.37. The molecule has 1 saturated carbocycles. The highest BCUT2D eigenvalue weighted by Gasteiger charge is 2.30. The molecule has 2 atom stereocenters. The van der Waals surface area contributed by atoms with E-state index < -0.39 is 0 Å². The summed E-state index contributed by atoms with van der Waals surface area (Å²) in [6, 6.07) is 0.231. The number of nitrogens with two attached hydrogens (primary N) is 1. The highest BCUT2D eigenvalue weighted by Crippen LogP contribution is 2.27. The van der Waals surface area contributed by atoms with Gasteiger partial charge < -0.3 is 10.6 Å². The van der Waals surface area contributed by atoms with E-state index in [2.05, 4.69) is 9.97 Å². The molecule has 19 heavy (non-hydrogen) atoms. The minimum atomic E-state index is -0.0575. The quantitative estimate of drug-likeness (QED) is 0.893. The number of carbonyl (C=O) groups is 1. The number of amides is 1. The molecule has 5 heteroatoms. The summed E-state index contributed by atoms with van der Waals surface area (Å²) in [7, 11) is 1.85. The third-order valence-electron chi connectivity index (χ3n) is 3.99. The molecule has 0 bridgehead atoms. The van der Waals surface area contributed by atoms with Gasteiger partial charge >= 0.3 is 0 Å². The summed E-state index contributed by atoms with van der Waals surface area (Å²) in [6.45, 7) is 2.50. The van der Waals surface area contributed by atoms with E-state index in [-0.39, 0.29) is 11.9 Å². The lowest BCUT2D eigenvalue weighted by atomic mass is 9.83. The number of aromatic nitrogens is 2. The van der Waals surface area contributed by atoms with Crippen LogP contribution in [0.2, 0.25) is 0 Å². The number of aryl methyl sites for hydroxylation is 1. The van der Waals surface area contributed by atoms with Gasteiger partial charge in [0.15, 0.2) is 0 Å². The average Bonchev–Trinajstić information content (AvgIpc) is 2.46. The van der Waals surface area contributed by atoms with Crippen LogP contribution < -0.4 is 5.73 Å². The van der Waals surface area contributed by atoms with Crippen molar-refractivity contribution in [2.45, 2.75) is 38.6 Å². The molecule has 1 fully saturated rings. The number of hydrogen-bond donors (Lipinski definition) is 1. The van der Waals surface area contributed by atoms with Crippen molar-refractivity contribution in [1.82, 2.24) is 14.9 Å². The predicted molar refractivity (Wildman–Crippen MR) is 73.7 cm³/mol. The molecule has 2 unspecified atom stereocenters. The van der Waals surface area contributed by atoms with Gasteiger partial charge in [-0.05, 0) is 32.2 Å². The van der Waals surface area contributed by atoms with Crippen molar-refractivity contribution in [1.29, 1.82) is 0 Å². The molecule has 2 rings (SSSR count). The highest BCUT2D eigenvalue weighted by atomic mass is 16.2. The van der Waals surface area contributed by atoms with E-state index in [0.717, 1.165) is 18.5 Å². The minimum Gasteiger partial charge on any atom is -0.337 e. The van der Waals surface area contributed by atoms with Crippen molar-refractivity contribution in [2.75, 3.05) is 13.6 Å². The number of nitrogens with zero attached hydrogens (tertiary/aromatic N) is 3. The van der Waals surface area contributed by atoms with Crippen molar-refractivity contribution < 1.29 is 4.79 Å². The molecular weight excluding hydrogens is 240 g/mol. The van der Waals surface area contributed by atoms with Crippen LogP contribution in [0.25, 0.3) is 0 Å². The van der Waals surface area contributed by atoms with Gasteiger partial charge in [0, 0.05) is 19.3 Å². The van der Waals surface area contributed by atoms with Gasteiger partial charge in [-0.2, -0.15) is 0 Å². The van der Waals surface area contributed by atoms with Crippen LogP contribution in [0.1, 0.15) is 41.9 Å². The monoisotopic (exact) mass is 262 g/mol. The molecule has 1 aromatic rings. The molecular formula is C14H22N4O. The maximum atomic E-state index is 12.4. The normalized spacial score (nSPS) is 23.1. The summed E-state index contributed by atoms with van der Waals surface area (Å²) in [4.78, 5) is 22.5. The molecule has 1 amide bonds. The zero-order valence-electron chi connectivity index (χ0n) is 11.7. The predicted octanol–water partition coefficient (Wildman–Crippen LogP) is 1.37. The highest BCUT2D eigenvalue weighted by molar-refractivity contribution is 5.92. The molecule has 1 aliphatic carbocycles. The Morgan fingerprint density at radius 1 is 1.37 bits per heavy atom. The molecule has 1 aliphatic rings. The van der Waals surface area contributed by atoms with Crippen LogP contribution in [0.3, 0.4) is 0 Å². The molecule has 5 nitrogen and oxygen atoms in total. The Hall–Kier alpha value is -1.49. The summed E-state index contributed by atoms with van der Waals surface area (Å²) in [6.07, 6.45) is 7.70. The third-order valence-corrected chi connectivity index (χ3v) is 3.99. The summed E-state index contributed by atoms with van der Waals surface area (Å²) in [5.74, 6) is 0.346. The molecule has 0 radical (unpaired) electrons. The van der Waals surface area contributed by atoms with Crippen LogP contribution in [0, 0.1) is 12.8 Å². The summed E-state index contributed by atoms with van der Waals surface area (Å²) in [5.41, 5.74) is 7.05. The van der Waals surface area contributed by atoms with E-state index in [0.29, 0.717) is 18.2 Å². The van der Waals surface area contributed by atoms with Gasteiger partial charge in [-0.25, -0.2) is 4.98 Å². The van der Waals surface area contributed by atoms with Crippen LogP contribution in [-0.2, 0) is 0 Å². The second-order valence-corrected chi connectivity index (χ2v) is 5.31. The van der Waals surface area contributed by atoms with E-state index in [1.54, 1.807) is 17.3 Å². The van der Waals surface area contributed by atoms with Crippen LogP contribution in [0.5, 0.6) is 0 Å². The van der Waals surface area contributed by atoms with Crippen LogP contribution >= 0.6 is 0 Å². The van der Waals surface area contributed by atoms with Crippen molar-refractivity contribution in [2.24, 2.45) is 11.7 Å². The Balaban J connectivity index is 2.11. The third kappa shape index (κ3) is 3.10. The van der Waals surface area contributed by atoms with E-state index in [1.807, 2.05) is 14.0 Å². The molecule has 104 valence electrons. The van der Waals surface area contributed by atoms with Gasteiger partial charge in [-0.3, -0.25) is 9.78 Å². The van der Waals surface area contributed by atoms with E-state index in [1.165, 1.54) is 12.8 Å². The Bertz CT molecular complexity index is 432. The van der Waals surface area contributed by atoms with E-state index in [9.17, 15) is 4.79 Å². The van der Waals surface area contributed by atoms with Crippen molar-refractivity contribution in [3.63, 3.8) is 0 Å². The standard InChI is InChI=1S/C14H22N4O/c1-10-8-17-12(9-16-10)14(19)18(2)13-6-4-3-5-11(13)7-15/h8-9,11,13H,3-7,15H2,1-2H3. The second kappa shape index (κ2) is 6.10. The summed E-state index contributed by atoms with van der Waals surface area (Å²) in [5, 5.41) is 0. The molecule has 1 aromatic heterocycles. The number of carbonyl (C=O) groups excluding carboxylic acids is 1. The fourth-order valence-electron chi connectivity index (χ4n) is 2.81. The van der Waals surface area contributed by atoms with Crippen LogP contribution in [0.15, 0.2) is 12.4 Å².